The van der Waals surface area contributed by atoms with E-state index in [1.807, 2.05) is 31.4 Å². The van der Waals surface area contributed by atoms with Gasteiger partial charge in [-0.3, -0.25) is 4.68 Å². The highest BCUT2D eigenvalue weighted by Crippen LogP contribution is 2.26. The van der Waals surface area contributed by atoms with Crippen LogP contribution in [0.25, 0.3) is 0 Å². The third kappa shape index (κ3) is 3.63. The zero-order chi connectivity index (χ0) is 16.4. The molecule has 6 nitrogen and oxygen atoms in total. The van der Waals surface area contributed by atoms with Gasteiger partial charge < -0.3 is 5.11 Å². The Morgan fingerprint density at radius 3 is 2.65 bits per heavy atom. The largest absolute Gasteiger partial charge is 0.391 e. The predicted molar refractivity (Wildman–Crippen MR) is 87.1 cm³/mol. The van der Waals surface area contributed by atoms with Crippen molar-refractivity contribution >= 4 is 10.0 Å². The Balaban J connectivity index is 1.79. The molecule has 1 aromatic carbocycles. The average Bonchev–Trinajstić information content (AvgIpc) is 3.07. The monoisotopic (exact) mass is 335 g/mol. The Kier molecular flexibility index (Phi) is 4.52. The van der Waals surface area contributed by atoms with E-state index in [2.05, 4.69) is 5.10 Å². The molecule has 0 radical (unpaired) electrons. The lowest BCUT2D eigenvalue weighted by molar-refractivity contribution is 0.142. The molecule has 0 unspecified atom stereocenters. The molecule has 0 saturated carbocycles. The Labute approximate surface area is 136 Å². The van der Waals surface area contributed by atoms with Crippen molar-refractivity contribution in [3.63, 3.8) is 0 Å². The number of rotatable bonds is 5. The fourth-order valence-corrected chi connectivity index (χ4v) is 4.87. The number of benzene rings is 1. The number of hydrogen-bond donors (Lipinski definition) is 1. The number of nitrogens with zero attached hydrogens (tertiary/aromatic N) is 3. The normalized spacial score (nSPS) is 22.5. The summed E-state index contributed by atoms with van der Waals surface area (Å²) in [5, 5.41) is 14.3. The molecular weight excluding hydrogens is 314 g/mol. The molecule has 1 aliphatic rings. The standard InChI is InChI=1S/C16H21N3O3S/c1-18-11-14(10-17-18)9-15-16(20)7-8-19(15)23(21,22)12-13-5-3-2-4-6-13/h2-6,10-11,15-16,20H,7-9,12H2,1H3/t15-,16-/m1/s1. The highest BCUT2D eigenvalue weighted by molar-refractivity contribution is 7.88. The fraction of sp³-hybridized carbons (Fsp3) is 0.438. The second-order valence-electron chi connectivity index (χ2n) is 6.00. The summed E-state index contributed by atoms with van der Waals surface area (Å²) >= 11 is 0. The molecule has 23 heavy (non-hydrogen) atoms. The van der Waals surface area contributed by atoms with E-state index < -0.39 is 22.2 Å². The summed E-state index contributed by atoms with van der Waals surface area (Å²) in [7, 11) is -1.64. The first-order chi connectivity index (χ1) is 11.0. The van der Waals surface area contributed by atoms with Crippen molar-refractivity contribution in [2.45, 2.75) is 30.7 Å². The average molecular weight is 335 g/mol. The Bertz CT molecular complexity index is 758. The molecule has 2 atom stereocenters. The van der Waals surface area contributed by atoms with Gasteiger partial charge in [-0.25, -0.2) is 8.42 Å². The van der Waals surface area contributed by atoms with Gasteiger partial charge in [0.1, 0.15) is 0 Å². The predicted octanol–water partition coefficient (Wildman–Crippen LogP) is 0.928. The smallest absolute Gasteiger partial charge is 0.218 e. The van der Waals surface area contributed by atoms with Gasteiger partial charge in [0.05, 0.1) is 24.1 Å². The van der Waals surface area contributed by atoms with Crippen LogP contribution in [0, 0.1) is 0 Å². The van der Waals surface area contributed by atoms with Crippen LogP contribution in [0.3, 0.4) is 0 Å². The second kappa shape index (κ2) is 6.43. The fourth-order valence-electron chi connectivity index (χ4n) is 3.08. The molecule has 1 aromatic heterocycles. The maximum Gasteiger partial charge on any atom is 0.218 e. The number of aromatic nitrogens is 2. The number of aryl methyl sites for hydroxylation is 1. The third-order valence-electron chi connectivity index (χ3n) is 4.21. The molecule has 3 rings (SSSR count). The van der Waals surface area contributed by atoms with E-state index >= 15 is 0 Å². The van der Waals surface area contributed by atoms with E-state index in [0.717, 1.165) is 11.1 Å². The van der Waals surface area contributed by atoms with Gasteiger partial charge in [-0.15, -0.1) is 0 Å². The summed E-state index contributed by atoms with van der Waals surface area (Å²) in [6.07, 6.45) is 3.88. The van der Waals surface area contributed by atoms with E-state index in [4.69, 9.17) is 0 Å². The van der Waals surface area contributed by atoms with Gasteiger partial charge in [-0.1, -0.05) is 30.3 Å². The number of aliphatic hydroxyl groups excluding tert-OH is 1. The minimum Gasteiger partial charge on any atom is -0.391 e. The van der Waals surface area contributed by atoms with Crippen LogP contribution < -0.4 is 0 Å². The quantitative estimate of drug-likeness (QED) is 0.882. The maximum absolute atomic E-state index is 12.7. The third-order valence-corrected chi connectivity index (χ3v) is 6.08. The molecule has 0 bridgehead atoms. The van der Waals surface area contributed by atoms with Crippen molar-refractivity contribution in [1.82, 2.24) is 14.1 Å². The highest BCUT2D eigenvalue weighted by Gasteiger charge is 2.40. The van der Waals surface area contributed by atoms with Crippen molar-refractivity contribution < 1.29 is 13.5 Å². The van der Waals surface area contributed by atoms with Crippen molar-refractivity contribution in [2.24, 2.45) is 7.05 Å². The molecule has 0 amide bonds. The zero-order valence-electron chi connectivity index (χ0n) is 13.0. The van der Waals surface area contributed by atoms with Crippen molar-refractivity contribution in [1.29, 1.82) is 0 Å². The molecule has 2 heterocycles. The minimum atomic E-state index is -3.46. The molecule has 0 aliphatic carbocycles. The van der Waals surface area contributed by atoms with Gasteiger partial charge in [0.2, 0.25) is 10.0 Å². The van der Waals surface area contributed by atoms with Gasteiger partial charge in [0.25, 0.3) is 0 Å². The van der Waals surface area contributed by atoms with E-state index in [1.165, 1.54) is 4.31 Å². The Morgan fingerprint density at radius 1 is 1.26 bits per heavy atom. The van der Waals surface area contributed by atoms with Crippen LogP contribution >= 0.6 is 0 Å². The SMILES string of the molecule is Cn1cc(C[C@@H]2[C@H](O)CCN2S(=O)(=O)Cc2ccccc2)cn1. The van der Waals surface area contributed by atoms with E-state index in [-0.39, 0.29) is 5.75 Å². The molecule has 7 heteroatoms. The van der Waals surface area contributed by atoms with Gasteiger partial charge >= 0.3 is 0 Å². The lowest BCUT2D eigenvalue weighted by atomic mass is 10.1. The number of sulfonamides is 1. The first-order valence-corrected chi connectivity index (χ1v) is 9.25. The van der Waals surface area contributed by atoms with E-state index in [1.54, 1.807) is 23.0 Å². The van der Waals surface area contributed by atoms with Crippen LogP contribution in [-0.4, -0.2) is 46.3 Å². The lowest BCUT2D eigenvalue weighted by Crippen LogP contribution is -2.41. The molecule has 2 aromatic rings. The van der Waals surface area contributed by atoms with Gasteiger partial charge in [0, 0.05) is 19.8 Å². The number of hydrogen-bond acceptors (Lipinski definition) is 4. The molecule has 124 valence electrons. The van der Waals surface area contributed by atoms with Gasteiger partial charge in [-0.05, 0) is 24.0 Å². The van der Waals surface area contributed by atoms with Crippen molar-refractivity contribution in [3.8, 4) is 0 Å². The van der Waals surface area contributed by atoms with Crippen molar-refractivity contribution in [3.05, 3.63) is 53.9 Å². The molecule has 1 fully saturated rings. The maximum atomic E-state index is 12.7. The second-order valence-corrected chi connectivity index (χ2v) is 7.92. The Morgan fingerprint density at radius 2 is 2.00 bits per heavy atom. The topological polar surface area (TPSA) is 75.4 Å². The molecule has 0 spiro atoms. The molecule has 1 saturated heterocycles. The van der Waals surface area contributed by atoms with Gasteiger partial charge in [-0.2, -0.15) is 9.40 Å². The summed E-state index contributed by atoms with van der Waals surface area (Å²) in [6, 6.07) is 8.71. The summed E-state index contributed by atoms with van der Waals surface area (Å²) < 4.78 is 28.6. The highest BCUT2D eigenvalue weighted by atomic mass is 32.2. The first kappa shape index (κ1) is 16.2. The summed E-state index contributed by atoms with van der Waals surface area (Å²) in [6.45, 7) is 0.362. The zero-order valence-corrected chi connectivity index (χ0v) is 13.9. The van der Waals surface area contributed by atoms with Crippen LogP contribution in [0.1, 0.15) is 17.5 Å². The van der Waals surface area contributed by atoms with Crippen LogP contribution in [-0.2, 0) is 29.2 Å². The molecule has 1 aliphatic heterocycles. The lowest BCUT2D eigenvalue weighted by Gasteiger charge is -2.25. The van der Waals surface area contributed by atoms with E-state index in [0.29, 0.717) is 19.4 Å². The van der Waals surface area contributed by atoms with Crippen molar-refractivity contribution in [2.75, 3.05) is 6.54 Å². The molecule has 1 N–H and O–H groups in total. The van der Waals surface area contributed by atoms with E-state index in [9.17, 15) is 13.5 Å². The number of aliphatic hydroxyl groups is 1. The summed E-state index contributed by atoms with van der Waals surface area (Å²) in [5.74, 6) is -0.0376. The molecular formula is C16H21N3O3S. The summed E-state index contributed by atoms with van der Waals surface area (Å²) in [5.41, 5.74) is 1.69. The van der Waals surface area contributed by atoms with Crippen LogP contribution in [0.4, 0.5) is 0 Å². The summed E-state index contributed by atoms with van der Waals surface area (Å²) in [4.78, 5) is 0. The first-order valence-electron chi connectivity index (χ1n) is 7.65. The minimum absolute atomic E-state index is 0.0376. The van der Waals surface area contributed by atoms with Gasteiger partial charge in [0.15, 0.2) is 0 Å². The van der Waals surface area contributed by atoms with Crippen LogP contribution in [0.5, 0.6) is 0 Å². The van der Waals surface area contributed by atoms with Crippen LogP contribution in [0.2, 0.25) is 0 Å². The van der Waals surface area contributed by atoms with Crippen LogP contribution in [0.15, 0.2) is 42.7 Å². The Hall–Kier alpha value is -1.70.